The van der Waals surface area contributed by atoms with Crippen LogP contribution in [0, 0.1) is 0 Å². The quantitative estimate of drug-likeness (QED) is 0.682. The zero-order valence-corrected chi connectivity index (χ0v) is 11.0. The molecule has 0 aliphatic heterocycles. The highest BCUT2D eigenvalue weighted by molar-refractivity contribution is 6.33. The van der Waals surface area contributed by atoms with Crippen LogP contribution in [0.5, 0.6) is 0 Å². The van der Waals surface area contributed by atoms with Crippen molar-refractivity contribution in [2.24, 2.45) is 0 Å². The lowest BCUT2D eigenvalue weighted by Crippen LogP contribution is -2.04. The third-order valence-electron chi connectivity index (χ3n) is 2.63. The predicted molar refractivity (Wildman–Crippen MR) is 75.4 cm³/mol. The summed E-state index contributed by atoms with van der Waals surface area (Å²) in [4.78, 5) is 12.1. The van der Waals surface area contributed by atoms with E-state index in [0.717, 1.165) is 5.56 Å². The van der Waals surface area contributed by atoms with Crippen molar-refractivity contribution in [3.05, 3.63) is 63.6 Å². The molecule has 0 aliphatic carbocycles. The van der Waals surface area contributed by atoms with Gasteiger partial charge in [-0.05, 0) is 29.8 Å². The van der Waals surface area contributed by atoms with Gasteiger partial charge in [-0.15, -0.1) is 0 Å². The molecule has 0 heterocycles. The second-order valence-electron chi connectivity index (χ2n) is 3.93. The summed E-state index contributed by atoms with van der Waals surface area (Å²) in [5, 5.41) is 0.979. The molecule has 2 aromatic carbocycles. The second-order valence-corrected chi connectivity index (χ2v) is 4.74. The Bertz CT molecular complexity index is 596. The Morgan fingerprint density at radius 1 is 1.06 bits per heavy atom. The molecular weight excluding hydrogens is 269 g/mol. The molecular formula is C14H11Cl2NO. The fourth-order valence-electron chi connectivity index (χ4n) is 1.62. The Hall–Kier alpha value is -1.51. The van der Waals surface area contributed by atoms with E-state index in [1.54, 1.807) is 24.3 Å². The number of hydrogen-bond acceptors (Lipinski definition) is 2. The normalized spacial score (nSPS) is 10.3. The number of nitrogen functional groups attached to an aromatic ring is 1. The average Bonchev–Trinajstić information content (AvgIpc) is 2.35. The lowest BCUT2D eigenvalue weighted by Gasteiger charge is -2.05. The van der Waals surface area contributed by atoms with Gasteiger partial charge in [0, 0.05) is 17.0 Å². The number of rotatable bonds is 3. The van der Waals surface area contributed by atoms with Gasteiger partial charge in [-0.1, -0.05) is 41.4 Å². The Balaban J connectivity index is 2.22. The van der Waals surface area contributed by atoms with Gasteiger partial charge < -0.3 is 5.73 Å². The van der Waals surface area contributed by atoms with E-state index >= 15 is 0 Å². The number of hydrogen-bond donors (Lipinski definition) is 1. The number of anilines is 1. The standard InChI is InChI=1S/C14H11Cl2NO/c15-11-4-2-1-3-9(11)8-14(18)10-5-6-13(17)12(16)7-10/h1-7H,8,17H2. The summed E-state index contributed by atoms with van der Waals surface area (Å²) < 4.78 is 0. The Labute approximate surface area is 115 Å². The van der Waals surface area contributed by atoms with E-state index in [9.17, 15) is 4.79 Å². The first kappa shape index (κ1) is 12.9. The van der Waals surface area contributed by atoms with Gasteiger partial charge in [0.1, 0.15) is 0 Å². The maximum atomic E-state index is 12.1. The SMILES string of the molecule is Nc1ccc(C(=O)Cc2ccccc2Cl)cc1Cl. The van der Waals surface area contributed by atoms with Crippen molar-refractivity contribution in [1.82, 2.24) is 0 Å². The number of nitrogens with two attached hydrogens (primary N) is 1. The van der Waals surface area contributed by atoms with Crippen LogP contribution in [0.4, 0.5) is 5.69 Å². The summed E-state index contributed by atoms with van der Waals surface area (Å²) in [5.41, 5.74) is 7.40. The summed E-state index contributed by atoms with van der Waals surface area (Å²) in [6, 6.07) is 12.2. The van der Waals surface area contributed by atoms with Gasteiger partial charge in [-0.25, -0.2) is 0 Å². The molecule has 0 spiro atoms. The van der Waals surface area contributed by atoms with E-state index in [0.29, 0.717) is 21.3 Å². The predicted octanol–water partition coefficient (Wildman–Crippen LogP) is 4.00. The second kappa shape index (κ2) is 5.42. The molecule has 0 aromatic heterocycles. The third-order valence-corrected chi connectivity index (χ3v) is 3.33. The number of Topliss-reactive ketones (excluding diaryl/α,β-unsaturated/α-hetero) is 1. The van der Waals surface area contributed by atoms with Gasteiger partial charge >= 0.3 is 0 Å². The fraction of sp³-hybridized carbons (Fsp3) is 0.0714. The van der Waals surface area contributed by atoms with Crippen LogP contribution in [0.25, 0.3) is 0 Å². The van der Waals surface area contributed by atoms with Crippen LogP contribution >= 0.6 is 23.2 Å². The van der Waals surface area contributed by atoms with Crippen LogP contribution in [-0.2, 0) is 6.42 Å². The van der Waals surface area contributed by atoms with E-state index in [4.69, 9.17) is 28.9 Å². The zero-order chi connectivity index (χ0) is 13.1. The van der Waals surface area contributed by atoms with E-state index < -0.39 is 0 Å². The monoisotopic (exact) mass is 279 g/mol. The van der Waals surface area contributed by atoms with Gasteiger partial charge in [0.2, 0.25) is 0 Å². The van der Waals surface area contributed by atoms with Crippen molar-refractivity contribution in [1.29, 1.82) is 0 Å². The number of carbonyl (C=O) groups excluding carboxylic acids is 1. The molecule has 2 N–H and O–H groups in total. The van der Waals surface area contributed by atoms with Crippen LogP contribution in [0.1, 0.15) is 15.9 Å². The van der Waals surface area contributed by atoms with E-state index in [2.05, 4.69) is 0 Å². The highest BCUT2D eigenvalue weighted by atomic mass is 35.5. The minimum absolute atomic E-state index is 0.0370. The number of carbonyl (C=O) groups is 1. The van der Waals surface area contributed by atoms with Crippen LogP contribution < -0.4 is 5.73 Å². The highest BCUT2D eigenvalue weighted by Gasteiger charge is 2.10. The molecule has 92 valence electrons. The van der Waals surface area contributed by atoms with Crippen LogP contribution in [0.3, 0.4) is 0 Å². The van der Waals surface area contributed by atoms with E-state index in [1.807, 2.05) is 18.2 Å². The molecule has 2 aromatic rings. The van der Waals surface area contributed by atoms with Crippen molar-refractivity contribution in [2.45, 2.75) is 6.42 Å². The number of ketones is 1. The molecule has 4 heteroatoms. The molecule has 2 nitrogen and oxygen atoms in total. The Morgan fingerprint density at radius 2 is 1.78 bits per heavy atom. The van der Waals surface area contributed by atoms with Gasteiger partial charge in [-0.3, -0.25) is 4.79 Å². The molecule has 0 bridgehead atoms. The van der Waals surface area contributed by atoms with Crippen LogP contribution in [0.15, 0.2) is 42.5 Å². The van der Waals surface area contributed by atoms with Crippen LogP contribution in [-0.4, -0.2) is 5.78 Å². The van der Waals surface area contributed by atoms with Crippen molar-refractivity contribution >= 4 is 34.7 Å². The minimum Gasteiger partial charge on any atom is -0.398 e. The third kappa shape index (κ3) is 2.84. The Kier molecular flexibility index (Phi) is 3.90. The van der Waals surface area contributed by atoms with Crippen molar-refractivity contribution in [3.8, 4) is 0 Å². The number of benzene rings is 2. The molecule has 0 amide bonds. The van der Waals surface area contributed by atoms with Gasteiger partial charge in [0.05, 0.1) is 10.7 Å². The first-order chi connectivity index (χ1) is 8.58. The molecule has 0 aliphatic rings. The smallest absolute Gasteiger partial charge is 0.167 e. The molecule has 18 heavy (non-hydrogen) atoms. The molecule has 0 radical (unpaired) electrons. The lowest BCUT2D eigenvalue weighted by molar-refractivity contribution is 0.0993. The molecule has 0 saturated carbocycles. The molecule has 0 saturated heterocycles. The summed E-state index contributed by atoms with van der Waals surface area (Å²) >= 11 is 11.9. The van der Waals surface area contributed by atoms with Crippen LogP contribution in [0.2, 0.25) is 10.0 Å². The average molecular weight is 280 g/mol. The first-order valence-corrected chi connectivity index (χ1v) is 6.15. The van der Waals surface area contributed by atoms with E-state index in [-0.39, 0.29) is 12.2 Å². The lowest BCUT2D eigenvalue weighted by atomic mass is 10.0. The van der Waals surface area contributed by atoms with E-state index in [1.165, 1.54) is 0 Å². The fourth-order valence-corrected chi connectivity index (χ4v) is 2.00. The summed E-state index contributed by atoms with van der Waals surface area (Å²) in [6.07, 6.45) is 0.250. The van der Waals surface area contributed by atoms with Crippen molar-refractivity contribution in [3.63, 3.8) is 0 Å². The highest BCUT2D eigenvalue weighted by Crippen LogP contribution is 2.22. The summed E-state index contributed by atoms with van der Waals surface area (Å²) in [7, 11) is 0. The van der Waals surface area contributed by atoms with Gasteiger partial charge in [0.15, 0.2) is 5.78 Å². The first-order valence-electron chi connectivity index (χ1n) is 5.39. The zero-order valence-electron chi connectivity index (χ0n) is 9.49. The summed E-state index contributed by atoms with van der Waals surface area (Å²) in [6.45, 7) is 0. The molecule has 0 atom stereocenters. The van der Waals surface area contributed by atoms with Crippen molar-refractivity contribution in [2.75, 3.05) is 5.73 Å². The van der Waals surface area contributed by atoms with Crippen molar-refractivity contribution < 1.29 is 4.79 Å². The topological polar surface area (TPSA) is 43.1 Å². The molecule has 2 rings (SSSR count). The molecule has 0 fully saturated rings. The minimum atomic E-state index is -0.0370. The largest absolute Gasteiger partial charge is 0.398 e. The van der Waals surface area contributed by atoms with Gasteiger partial charge in [-0.2, -0.15) is 0 Å². The maximum Gasteiger partial charge on any atom is 0.167 e. The summed E-state index contributed by atoms with van der Waals surface area (Å²) in [5.74, 6) is -0.0370. The number of halogens is 2. The molecule has 0 unspecified atom stereocenters. The Morgan fingerprint density at radius 3 is 2.44 bits per heavy atom. The van der Waals surface area contributed by atoms with Gasteiger partial charge in [0.25, 0.3) is 0 Å². The maximum absolute atomic E-state index is 12.1.